The topological polar surface area (TPSA) is 108 Å². The van der Waals surface area contributed by atoms with E-state index < -0.39 is 23.5 Å². The van der Waals surface area contributed by atoms with Crippen molar-refractivity contribution < 1.29 is 24.6 Å². The van der Waals surface area contributed by atoms with Gasteiger partial charge in [0.25, 0.3) is 5.91 Å². The molecule has 0 aromatic heterocycles. The van der Waals surface area contributed by atoms with Crippen molar-refractivity contribution >= 4 is 17.6 Å². The van der Waals surface area contributed by atoms with Crippen LogP contribution in [0.3, 0.4) is 0 Å². The molecule has 0 spiro atoms. The number of allylic oxidation sites excluding steroid dienone is 2. The maximum absolute atomic E-state index is 11.8. The Labute approximate surface area is 190 Å². The van der Waals surface area contributed by atoms with E-state index in [-0.39, 0.29) is 17.4 Å². The van der Waals surface area contributed by atoms with Gasteiger partial charge in [0.2, 0.25) is 0 Å². The van der Waals surface area contributed by atoms with E-state index in [0.717, 1.165) is 44.2 Å². The van der Waals surface area contributed by atoms with Crippen LogP contribution in [0.2, 0.25) is 0 Å². The first kappa shape index (κ1) is 23.3. The second kappa shape index (κ2) is 8.15. The highest BCUT2D eigenvalue weighted by molar-refractivity contribution is 5.96. The summed E-state index contributed by atoms with van der Waals surface area (Å²) in [4.78, 5) is 27.9. The van der Waals surface area contributed by atoms with E-state index in [9.17, 15) is 14.7 Å². The van der Waals surface area contributed by atoms with E-state index in [1.807, 2.05) is 0 Å². The van der Waals surface area contributed by atoms with Crippen LogP contribution < -0.4 is 5.32 Å². The summed E-state index contributed by atoms with van der Waals surface area (Å²) in [7, 11) is 0. The average molecular weight is 447 g/mol. The molecular weight excluding hydrogens is 408 g/mol. The lowest BCUT2D eigenvalue weighted by molar-refractivity contribution is -0.142. The Kier molecular flexibility index (Phi) is 5.93. The molecule has 7 heteroatoms. The molecule has 0 saturated heterocycles. The number of hydrogen-bond acceptors (Lipinski definition) is 5. The summed E-state index contributed by atoms with van der Waals surface area (Å²) >= 11 is 0. The number of carbonyl (C=O) groups is 2. The fraction of sp³-hybridized carbons (Fsp3) is 0.800. The van der Waals surface area contributed by atoms with Gasteiger partial charge in [-0.1, -0.05) is 24.6 Å². The van der Waals surface area contributed by atoms with Crippen molar-refractivity contribution in [3.63, 3.8) is 0 Å². The largest absolute Gasteiger partial charge is 0.480 e. The molecule has 0 aromatic carbocycles. The van der Waals surface area contributed by atoms with E-state index in [1.54, 1.807) is 0 Å². The Bertz CT molecular complexity index is 849. The molecule has 0 unspecified atom stereocenters. The molecule has 7 nitrogen and oxygen atoms in total. The van der Waals surface area contributed by atoms with Gasteiger partial charge in [-0.3, -0.25) is 9.59 Å². The van der Waals surface area contributed by atoms with Crippen molar-refractivity contribution in [2.45, 2.75) is 90.7 Å². The number of rotatable bonds is 5. The molecular formula is C25H38N2O5. The summed E-state index contributed by atoms with van der Waals surface area (Å²) < 4.78 is 0. The molecule has 0 heterocycles. The van der Waals surface area contributed by atoms with Gasteiger partial charge >= 0.3 is 5.97 Å². The van der Waals surface area contributed by atoms with Crippen LogP contribution in [0.15, 0.2) is 16.8 Å². The highest BCUT2D eigenvalue weighted by Gasteiger charge is 2.62. The van der Waals surface area contributed by atoms with Gasteiger partial charge in [0, 0.05) is 0 Å². The van der Waals surface area contributed by atoms with E-state index in [2.05, 4.69) is 37.3 Å². The van der Waals surface area contributed by atoms with Crippen molar-refractivity contribution in [1.82, 2.24) is 5.32 Å². The van der Waals surface area contributed by atoms with Crippen LogP contribution in [0.5, 0.6) is 0 Å². The van der Waals surface area contributed by atoms with Crippen molar-refractivity contribution in [1.29, 1.82) is 0 Å². The predicted octanol–water partition coefficient (Wildman–Crippen LogP) is 3.66. The van der Waals surface area contributed by atoms with Crippen molar-refractivity contribution in [3.05, 3.63) is 11.6 Å². The lowest BCUT2D eigenvalue weighted by Crippen LogP contribution is -2.53. The molecule has 4 rings (SSSR count). The van der Waals surface area contributed by atoms with Crippen molar-refractivity contribution in [2.24, 2.45) is 33.7 Å². The average Bonchev–Trinajstić information content (AvgIpc) is 2.97. The third-order valence-corrected chi connectivity index (χ3v) is 9.66. The van der Waals surface area contributed by atoms with Gasteiger partial charge in [0.1, 0.15) is 6.04 Å². The molecule has 0 aromatic rings. The van der Waals surface area contributed by atoms with Crippen LogP contribution in [0.1, 0.15) is 79.1 Å². The Morgan fingerprint density at radius 2 is 1.88 bits per heavy atom. The number of fused-ring (bicyclic) bond motifs is 5. The number of nitrogens with zero attached hydrogens (tertiary/aromatic N) is 1. The quantitative estimate of drug-likeness (QED) is 0.559. The van der Waals surface area contributed by atoms with Crippen LogP contribution in [0.25, 0.3) is 0 Å². The summed E-state index contributed by atoms with van der Waals surface area (Å²) in [5.41, 5.74) is 1.98. The minimum atomic E-state index is -1.08. The van der Waals surface area contributed by atoms with Crippen molar-refractivity contribution in [3.8, 4) is 0 Å². The Morgan fingerprint density at radius 1 is 1.16 bits per heavy atom. The smallest absolute Gasteiger partial charge is 0.325 e. The molecule has 4 aliphatic rings. The number of oxime groups is 1. The monoisotopic (exact) mass is 446 g/mol. The van der Waals surface area contributed by atoms with Crippen LogP contribution in [-0.2, 0) is 14.4 Å². The Balaban J connectivity index is 1.42. The lowest BCUT2D eigenvalue weighted by Gasteiger charge is -2.59. The van der Waals surface area contributed by atoms with Crippen LogP contribution in [0.4, 0.5) is 0 Å². The zero-order valence-electron chi connectivity index (χ0n) is 19.8. The van der Waals surface area contributed by atoms with E-state index in [1.165, 1.54) is 25.3 Å². The Morgan fingerprint density at radius 3 is 2.59 bits per heavy atom. The highest BCUT2D eigenvalue weighted by atomic mass is 16.6. The standard InChI is InChI=1S/C25H38N2O5/c1-15(22(29)30)26-21(28)14-32-27-17-7-10-23(2)16(13-17)5-6-18-19(23)8-11-24(3)20(18)9-12-25(24,4)31/h13,15,18-20,31H,5-12,14H2,1-4H3,(H,26,28)(H,29,30)/t15-,18+,19-,20-,23-,24-,25-/m0/s1. The first-order valence-electron chi connectivity index (χ1n) is 12.1. The van der Waals surface area contributed by atoms with Crippen LogP contribution in [-0.4, -0.2) is 46.1 Å². The summed E-state index contributed by atoms with van der Waals surface area (Å²) in [6, 6.07) is -0.952. The van der Waals surface area contributed by atoms with Crippen LogP contribution in [0, 0.1) is 28.6 Å². The molecule has 0 radical (unpaired) electrons. The summed E-state index contributed by atoms with van der Waals surface area (Å²) in [5, 5.41) is 26.5. The molecule has 1 amide bonds. The van der Waals surface area contributed by atoms with Gasteiger partial charge in [-0.05, 0) is 99.9 Å². The number of hydrogen-bond donors (Lipinski definition) is 3. The number of carbonyl (C=O) groups excluding carboxylic acids is 1. The number of carboxylic acid groups (broad SMARTS) is 1. The summed E-state index contributed by atoms with van der Waals surface area (Å²) in [6.45, 7) is 7.92. The fourth-order valence-corrected chi connectivity index (χ4v) is 7.41. The number of nitrogens with one attached hydrogen (secondary N) is 1. The van der Waals surface area contributed by atoms with Gasteiger partial charge in [-0.2, -0.15) is 0 Å². The number of amides is 1. The minimum Gasteiger partial charge on any atom is -0.480 e. The molecule has 32 heavy (non-hydrogen) atoms. The maximum Gasteiger partial charge on any atom is 0.325 e. The SMILES string of the molecule is C[C@H](NC(=O)CON=C1C=C2CC[C@@H]3[C@H](CC[C@@]4(C)[C@H]3CC[C@]4(C)O)[C@@]2(C)CC1)C(=O)O. The maximum atomic E-state index is 11.8. The zero-order valence-corrected chi connectivity index (χ0v) is 19.8. The summed E-state index contributed by atoms with van der Waals surface area (Å²) in [5.74, 6) is 0.371. The summed E-state index contributed by atoms with van der Waals surface area (Å²) in [6.07, 6.45) is 10.6. The van der Waals surface area contributed by atoms with E-state index in [4.69, 9.17) is 9.94 Å². The molecule has 3 saturated carbocycles. The number of aliphatic carboxylic acids is 1. The molecule has 7 atom stereocenters. The second-order valence-corrected chi connectivity index (χ2v) is 11.3. The predicted molar refractivity (Wildman–Crippen MR) is 121 cm³/mol. The first-order valence-corrected chi connectivity index (χ1v) is 12.1. The molecule has 0 bridgehead atoms. The van der Waals surface area contributed by atoms with Gasteiger partial charge in [0.05, 0.1) is 11.3 Å². The van der Waals surface area contributed by atoms with Gasteiger partial charge in [-0.25, -0.2) is 0 Å². The Hall–Kier alpha value is -1.89. The minimum absolute atomic E-state index is 0.0412. The lowest BCUT2D eigenvalue weighted by atomic mass is 9.46. The zero-order chi connectivity index (χ0) is 23.3. The van der Waals surface area contributed by atoms with E-state index in [0.29, 0.717) is 17.8 Å². The van der Waals surface area contributed by atoms with Gasteiger partial charge in [-0.15, -0.1) is 0 Å². The molecule has 4 aliphatic carbocycles. The molecule has 3 N–H and O–H groups in total. The van der Waals surface area contributed by atoms with Gasteiger partial charge in [0.15, 0.2) is 6.61 Å². The second-order valence-electron chi connectivity index (χ2n) is 11.3. The normalized spacial score (nSPS) is 42.8. The van der Waals surface area contributed by atoms with Crippen LogP contribution >= 0.6 is 0 Å². The number of aliphatic hydroxyl groups is 1. The van der Waals surface area contributed by atoms with Crippen molar-refractivity contribution in [2.75, 3.05) is 6.61 Å². The van der Waals surface area contributed by atoms with E-state index >= 15 is 0 Å². The molecule has 0 aliphatic heterocycles. The molecule has 3 fully saturated rings. The number of carboxylic acids is 1. The third kappa shape index (κ3) is 3.76. The molecule has 178 valence electrons. The highest BCUT2D eigenvalue weighted by Crippen LogP contribution is 2.67. The fourth-order valence-electron chi connectivity index (χ4n) is 7.41. The third-order valence-electron chi connectivity index (χ3n) is 9.66. The first-order chi connectivity index (χ1) is 15.0. The van der Waals surface area contributed by atoms with Gasteiger partial charge < -0.3 is 20.4 Å².